The van der Waals surface area contributed by atoms with E-state index < -0.39 is 134 Å². The summed E-state index contributed by atoms with van der Waals surface area (Å²) in [4.78, 5) is 132. The third-order valence-corrected chi connectivity index (χ3v) is 16.0. The van der Waals surface area contributed by atoms with Gasteiger partial charge in [0.25, 0.3) is 23.7 Å². The molecule has 530 valence electrons. The summed E-state index contributed by atoms with van der Waals surface area (Å²) in [7, 11) is 0. The number of carbonyl (C=O) groups is 9. The molecule has 0 aliphatic carbocycles. The molecule has 3 aliphatic rings. The van der Waals surface area contributed by atoms with Gasteiger partial charge in [-0.1, -0.05) is 0 Å². The minimum absolute atomic E-state index is 0.0281. The molecular formula is C66H86F4N16O12. The number of nitrogens with zero attached hydrogens (tertiary/aromatic N) is 7. The molecule has 28 nitrogen and oxygen atoms in total. The first-order chi connectivity index (χ1) is 46.8. The van der Waals surface area contributed by atoms with Crippen molar-refractivity contribution in [3.05, 3.63) is 72.1 Å². The first-order valence-electron chi connectivity index (χ1n) is 32.7. The highest BCUT2D eigenvalue weighted by atomic mass is 19.3. The number of hydrogen-bond donors (Lipinski definition) is 9. The number of aromatic nitrogens is 2. The number of carbonyl (C=O) groups excluding carboxylic acids is 9. The van der Waals surface area contributed by atoms with Crippen LogP contribution in [-0.2, 0) is 38.3 Å². The number of alkyl halides is 4. The second-order valence-corrected chi connectivity index (χ2v) is 25.0. The Hall–Kier alpha value is -9.37. The van der Waals surface area contributed by atoms with Crippen LogP contribution in [0, 0.1) is 22.7 Å². The summed E-state index contributed by atoms with van der Waals surface area (Å²) in [6.07, 6.45) is 2.13. The molecule has 4 aromatic rings. The fourth-order valence-electron chi connectivity index (χ4n) is 11.0. The van der Waals surface area contributed by atoms with Crippen molar-refractivity contribution < 1.29 is 74.9 Å². The maximum absolute atomic E-state index is 14.0. The van der Waals surface area contributed by atoms with E-state index in [1.807, 2.05) is 4.90 Å². The number of fused-ring (bicyclic) bond motifs is 2. The van der Waals surface area contributed by atoms with Crippen molar-refractivity contribution in [1.29, 1.82) is 10.5 Å². The minimum Gasteiger partial charge on any atom is -0.494 e. The van der Waals surface area contributed by atoms with Crippen LogP contribution in [0.15, 0.2) is 60.9 Å². The van der Waals surface area contributed by atoms with Gasteiger partial charge in [0.2, 0.25) is 35.4 Å². The summed E-state index contributed by atoms with van der Waals surface area (Å²) in [5, 5.41) is 45.4. The summed E-state index contributed by atoms with van der Waals surface area (Å²) in [5.74, 6) is -11.6. The van der Waals surface area contributed by atoms with E-state index in [0.717, 1.165) is 36.0 Å². The SMILES string of the molecule is CC(C)(C)OC(=O)[C@H](CCC(=O)N[C@@H](CCC(=O)NCCCCOc1ccc2nccc(C(=O)NCC(=O)N3CC(F)(F)CC3C#N)c2c1)C(=O)NCCCCOc1ccc2nccc(C(=O)NCC(=O)N3CC(F)(F)CC3C#N)c2c1)NC(=O)CN1CCNCCNCCNCC1. The number of pyridine rings is 2. The number of nitriles is 2. The van der Waals surface area contributed by atoms with Crippen LogP contribution in [-0.4, -0.2) is 231 Å². The van der Waals surface area contributed by atoms with Gasteiger partial charge < -0.3 is 71.9 Å². The van der Waals surface area contributed by atoms with Crippen molar-refractivity contribution in [2.45, 2.75) is 127 Å². The Morgan fingerprint density at radius 1 is 0.602 bits per heavy atom. The maximum atomic E-state index is 14.0. The van der Waals surface area contributed by atoms with E-state index in [1.165, 1.54) is 24.5 Å². The van der Waals surface area contributed by atoms with Crippen molar-refractivity contribution in [3.63, 3.8) is 0 Å². The number of amides is 8. The van der Waals surface area contributed by atoms with Crippen molar-refractivity contribution in [2.75, 3.05) is 111 Å². The fraction of sp³-hybridized carbons (Fsp3) is 0.561. The number of hydrogen-bond acceptors (Lipinski definition) is 20. The Balaban J connectivity index is 0.909. The number of esters is 1. The quantitative estimate of drug-likeness (QED) is 0.0205. The van der Waals surface area contributed by atoms with E-state index in [1.54, 1.807) is 69.3 Å². The lowest BCUT2D eigenvalue weighted by molar-refractivity contribution is -0.159. The highest BCUT2D eigenvalue weighted by molar-refractivity contribution is 6.08. The lowest BCUT2D eigenvalue weighted by Crippen LogP contribution is -2.50. The van der Waals surface area contributed by atoms with Gasteiger partial charge in [-0.2, -0.15) is 10.5 Å². The Bertz CT molecular complexity index is 3540. The molecule has 9 N–H and O–H groups in total. The summed E-state index contributed by atoms with van der Waals surface area (Å²) in [6.45, 7) is 8.05. The molecule has 2 aromatic carbocycles. The topological polar surface area (TPSA) is 373 Å². The number of nitrogens with one attached hydrogen (secondary N) is 9. The molecule has 0 bridgehead atoms. The summed E-state index contributed by atoms with van der Waals surface area (Å²) in [5.41, 5.74) is 0.196. The zero-order valence-corrected chi connectivity index (χ0v) is 55.2. The Kier molecular flexibility index (Phi) is 28.6. The third kappa shape index (κ3) is 24.3. The van der Waals surface area contributed by atoms with E-state index >= 15 is 0 Å². The molecule has 2 unspecified atom stereocenters. The molecule has 0 spiro atoms. The second-order valence-electron chi connectivity index (χ2n) is 25.0. The fourth-order valence-corrected chi connectivity index (χ4v) is 11.0. The van der Waals surface area contributed by atoms with Crippen molar-refractivity contribution >= 4 is 75.0 Å². The lowest BCUT2D eigenvalue weighted by atomic mass is 10.1. The van der Waals surface area contributed by atoms with Crippen molar-refractivity contribution in [3.8, 4) is 23.6 Å². The third-order valence-electron chi connectivity index (χ3n) is 16.0. The molecule has 0 saturated carbocycles. The average molecular weight is 1370 g/mol. The van der Waals surface area contributed by atoms with Gasteiger partial charge in [0, 0.05) is 114 Å². The van der Waals surface area contributed by atoms with Crippen molar-refractivity contribution in [1.82, 2.24) is 72.5 Å². The predicted octanol–water partition coefficient (Wildman–Crippen LogP) is 1.97. The molecule has 2 aromatic heterocycles. The van der Waals surface area contributed by atoms with Gasteiger partial charge >= 0.3 is 5.97 Å². The Morgan fingerprint density at radius 2 is 1.06 bits per heavy atom. The molecule has 98 heavy (non-hydrogen) atoms. The van der Waals surface area contributed by atoms with Gasteiger partial charge in [0.05, 0.1) is 80.2 Å². The summed E-state index contributed by atoms with van der Waals surface area (Å²) >= 11 is 0. The molecule has 8 amide bonds. The normalized spacial score (nSPS) is 17.9. The first kappa shape index (κ1) is 76.0. The van der Waals surface area contributed by atoms with E-state index in [2.05, 4.69) is 57.8 Å². The van der Waals surface area contributed by atoms with Gasteiger partial charge in [-0.15, -0.1) is 0 Å². The lowest BCUT2D eigenvalue weighted by Gasteiger charge is -2.27. The standard InChI is InChI=1S/C66H86F4N16O12/c1-64(2,3)98-63(95)54(83-57(89)40-84-28-26-74-24-22-73-23-25-75-27-29-84)13-15-56(88)82-53(62(94)79-19-5-7-31-97-46-9-11-52-50(33-46)48(17-21-77-52)61(93)81-39-59(91)86-42-66(69,70)35-44(86)37-72)12-14-55(87)78-18-4-6-30-96-45-8-10-51-49(32-45)47(16-20-76-51)60(92)80-38-58(90)85-41-65(67,68)34-43(85)36-71/h8-11,16-17,20-21,32-33,43-44,53-54,73-75H,4-7,12-15,18-19,22-31,34-35,38-42H2,1-3H3,(H,78,87)(H,79,94)(H,80,92)(H,81,93)(H,82,88)(H,83,89)/t43?,44?,53-,54-/m0/s1. The number of halogens is 4. The molecule has 5 heterocycles. The number of benzene rings is 2. The highest BCUT2D eigenvalue weighted by Gasteiger charge is 2.48. The largest absolute Gasteiger partial charge is 0.494 e. The van der Waals surface area contributed by atoms with Crippen molar-refractivity contribution in [2.24, 2.45) is 0 Å². The van der Waals surface area contributed by atoms with E-state index in [4.69, 9.17) is 14.2 Å². The molecule has 3 saturated heterocycles. The van der Waals surface area contributed by atoms with E-state index in [9.17, 15) is 71.2 Å². The van der Waals surface area contributed by atoms with Crippen LogP contribution in [0.5, 0.6) is 11.5 Å². The van der Waals surface area contributed by atoms with E-state index in [0.29, 0.717) is 85.2 Å². The van der Waals surface area contributed by atoms with Crippen LogP contribution in [0.3, 0.4) is 0 Å². The smallest absolute Gasteiger partial charge is 0.329 e. The van der Waals surface area contributed by atoms with Crippen LogP contribution in [0.2, 0.25) is 0 Å². The maximum Gasteiger partial charge on any atom is 0.329 e. The first-order valence-corrected chi connectivity index (χ1v) is 32.7. The van der Waals surface area contributed by atoms with Gasteiger partial charge in [0.1, 0.15) is 41.3 Å². The number of ether oxygens (including phenoxy) is 3. The highest BCUT2D eigenvalue weighted by Crippen LogP contribution is 2.33. The number of rotatable bonds is 30. The summed E-state index contributed by atoms with van der Waals surface area (Å²) in [6, 6.07) is 10.9. The minimum atomic E-state index is -3.22. The molecular weight excluding hydrogens is 1280 g/mol. The monoisotopic (exact) mass is 1370 g/mol. The Labute approximate surface area is 564 Å². The van der Waals surface area contributed by atoms with Gasteiger partial charge in [-0.3, -0.25) is 53.2 Å². The number of unbranched alkanes of at least 4 members (excludes halogenated alkanes) is 2. The molecule has 3 aliphatic heterocycles. The molecule has 4 atom stereocenters. The van der Waals surface area contributed by atoms with Gasteiger partial charge in [-0.25, -0.2) is 22.4 Å². The van der Waals surface area contributed by atoms with Crippen LogP contribution in [0.4, 0.5) is 17.6 Å². The van der Waals surface area contributed by atoms with Gasteiger partial charge in [-0.05, 0) is 108 Å². The van der Waals surface area contributed by atoms with Crippen LogP contribution in [0.25, 0.3) is 21.8 Å². The zero-order chi connectivity index (χ0) is 70.8. The van der Waals surface area contributed by atoms with E-state index in [-0.39, 0.29) is 69.7 Å². The molecule has 3 fully saturated rings. The molecule has 0 radical (unpaired) electrons. The zero-order valence-electron chi connectivity index (χ0n) is 55.2. The van der Waals surface area contributed by atoms with Crippen LogP contribution < -0.4 is 57.3 Å². The predicted molar refractivity (Wildman–Crippen MR) is 348 cm³/mol. The molecule has 7 rings (SSSR count). The average Bonchev–Trinajstić information content (AvgIpc) is 1.15. The van der Waals surface area contributed by atoms with Crippen LogP contribution in [0.1, 0.15) is 106 Å². The number of likely N-dealkylation sites (tertiary alicyclic amines) is 2. The van der Waals surface area contributed by atoms with Gasteiger partial charge in [0.15, 0.2) is 0 Å². The van der Waals surface area contributed by atoms with Crippen LogP contribution >= 0.6 is 0 Å². The molecule has 32 heteroatoms. The Morgan fingerprint density at radius 3 is 1.55 bits per heavy atom. The second kappa shape index (κ2) is 36.8. The summed E-state index contributed by atoms with van der Waals surface area (Å²) < 4.78 is 73.5.